The van der Waals surface area contributed by atoms with Gasteiger partial charge in [-0.05, 0) is 18.6 Å². The van der Waals surface area contributed by atoms with Crippen molar-refractivity contribution in [2.24, 2.45) is 5.73 Å². The van der Waals surface area contributed by atoms with Crippen molar-refractivity contribution < 1.29 is 24.2 Å². The van der Waals surface area contributed by atoms with E-state index in [4.69, 9.17) is 15.6 Å². The molecular formula is C17H19N3O5. The molecule has 0 aliphatic rings. The van der Waals surface area contributed by atoms with E-state index in [1.807, 2.05) is 0 Å². The summed E-state index contributed by atoms with van der Waals surface area (Å²) in [5.41, 5.74) is 6.46. The van der Waals surface area contributed by atoms with Gasteiger partial charge in [-0.3, -0.25) is 14.4 Å². The van der Waals surface area contributed by atoms with E-state index < -0.39 is 17.7 Å². The summed E-state index contributed by atoms with van der Waals surface area (Å²) in [5.74, 6) is -1.61. The highest BCUT2D eigenvalue weighted by molar-refractivity contribution is 6.02. The molecule has 25 heavy (non-hydrogen) atoms. The Kier molecular flexibility index (Phi) is 5.53. The van der Waals surface area contributed by atoms with E-state index in [9.17, 15) is 14.4 Å². The molecule has 132 valence electrons. The summed E-state index contributed by atoms with van der Waals surface area (Å²) in [6.45, 7) is 4.08. The average Bonchev–Trinajstić information content (AvgIpc) is 2.95. The van der Waals surface area contributed by atoms with Crippen LogP contribution in [-0.2, 0) is 11.3 Å². The van der Waals surface area contributed by atoms with E-state index in [1.54, 1.807) is 10.6 Å². The van der Waals surface area contributed by atoms with Gasteiger partial charge in [0.2, 0.25) is 5.91 Å². The Balaban J connectivity index is 2.63. The number of hydrogen-bond acceptors (Lipinski definition) is 5. The molecule has 0 spiro atoms. The summed E-state index contributed by atoms with van der Waals surface area (Å²) in [7, 11) is 1.44. The molecule has 0 bridgehead atoms. The average molecular weight is 345 g/mol. The van der Waals surface area contributed by atoms with E-state index in [1.165, 1.54) is 19.2 Å². The Labute approximate surface area is 143 Å². The molecule has 1 aromatic carbocycles. The highest BCUT2D eigenvalue weighted by atomic mass is 16.5. The van der Waals surface area contributed by atoms with Crippen LogP contribution in [0, 0.1) is 0 Å². The lowest BCUT2D eigenvalue weighted by molar-refractivity contribution is -0.136. The third-order valence-electron chi connectivity index (χ3n) is 3.68. The molecule has 0 aliphatic carbocycles. The number of aromatic nitrogens is 2. The molecule has 8 heteroatoms. The molecular weight excluding hydrogens is 326 g/mol. The Morgan fingerprint density at radius 2 is 2.08 bits per heavy atom. The SMILES string of the molecule is C=CCCn1c(C(=O)CCC(=O)O)nc2cc(C(N)=O)cc(OC)c21. The van der Waals surface area contributed by atoms with Crippen molar-refractivity contribution in [2.45, 2.75) is 25.8 Å². The lowest BCUT2D eigenvalue weighted by Gasteiger charge is -2.10. The van der Waals surface area contributed by atoms with Crippen LogP contribution in [0.5, 0.6) is 5.75 Å². The molecule has 3 N–H and O–H groups in total. The topological polar surface area (TPSA) is 125 Å². The molecule has 8 nitrogen and oxygen atoms in total. The highest BCUT2D eigenvalue weighted by Gasteiger charge is 2.22. The smallest absolute Gasteiger partial charge is 0.303 e. The molecule has 1 heterocycles. The predicted octanol–water partition coefficient (Wildman–Crippen LogP) is 1.77. The van der Waals surface area contributed by atoms with E-state index >= 15 is 0 Å². The molecule has 0 radical (unpaired) electrons. The number of Topliss-reactive ketones (excluding diaryl/α,β-unsaturated/α-hetero) is 1. The second kappa shape index (κ2) is 7.61. The zero-order chi connectivity index (χ0) is 18.6. The number of amides is 1. The lowest BCUT2D eigenvalue weighted by Crippen LogP contribution is -2.13. The minimum absolute atomic E-state index is 0.123. The van der Waals surface area contributed by atoms with Crippen molar-refractivity contribution in [1.82, 2.24) is 9.55 Å². The number of aryl methyl sites for hydroxylation is 1. The molecule has 0 aliphatic heterocycles. The van der Waals surface area contributed by atoms with E-state index in [0.717, 1.165) is 0 Å². The summed E-state index contributed by atoms with van der Waals surface area (Å²) in [6, 6.07) is 2.97. The number of carbonyl (C=O) groups is 3. The summed E-state index contributed by atoms with van der Waals surface area (Å²) in [4.78, 5) is 38.9. The fraction of sp³-hybridized carbons (Fsp3) is 0.294. The number of ketones is 1. The maximum atomic E-state index is 12.4. The number of imidazole rings is 1. The Bertz CT molecular complexity index is 854. The quantitative estimate of drug-likeness (QED) is 0.527. The number of nitrogens with zero attached hydrogens (tertiary/aromatic N) is 2. The fourth-order valence-electron chi connectivity index (χ4n) is 2.51. The third kappa shape index (κ3) is 3.85. The van der Waals surface area contributed by atoms with Crippen LogP contribution in [0.3, 0.4) is 0 Å². The van der Waals surface area contributed by atoms with Crippen LogP contribution in [-0.4, -0.2) is 39.4 Å². The Morgan fingerprint density at radius 3 is 2.64 bits per heavy atom. The molecule has 2 aromatic rings. The zero-order valence-corrected chi connectivity index (χ0v) is 13.8. The number of allylic oxidation sites excluding steroid dienone is 1. The van der Waals surface area contributed by atoms with E-state index in [-0.39, 0.29) is 24.2 Å². The minimum Gasteiger partial charge on any atom is -0.494 e. The van der Waals surface area contributed by atoms with Crippen LogP contribution >= 0.6 is 0 Å². The highest BCUT2D eigenvalue weighted by Crippen LogP contribution is 2.29. The molecule has 1 aromatic heterocycles. The maximum absolute atomic E-state index is 12.4. The maximum Gasteiger partial charge on any atom is 0.303 e. The molecule has 1 amide bonds. The first kappa shape index (κ1) is 18.2. The van der Waals surface area contributed by atoms with Crippen LogP contribution in [0.1, 0.15) is 40.2 Å². The second-order valence-electron chi connectivity index (χ2n) is 5.39. The van der Waals surface area contributed by atoms with Crippen molar-refractivity contribution in [3.8, 4) is 5.75 Å². The molecule has 0 saturated carbocycles. The molecule has 0 unspecified atom stereocenters. The molecule has 2 rings (SSSR count). The van der Waals surface area contributed by atoms with Gasteiger partial charge in [-0.2, -0.15) is 0 Å². The van der Waals surface area contributed by atoms with Gasteiger partial charge in [-0.1, -0.05) is 6.08 Å². The number of carbonyl (C=O) groups excluding carboxylic acids is 2. The minimum atomic E-state index is -1.06. The van der Waals surface area contributed by atoms with Crippen molar-refractivity contribution in [1.29, 1.82) is 0 Å². The van der Waals surface area contributed by atoms with Gasteiger partial charge in [-0.25, -0.2) is 4.98 Å². The van der Waals surface area contributed by atoms with Gasteiger partial charge in [0.05, 0.1) is 19.0 Å². The fourth-order valence-corrected chi connectivity index (χ4v) is 2.51. The van der Waals surface area contributed by atoms with Gasteiger partial charge >= 0.3 is 5.97 Å². The van der Waals surface area contributed by atoms with Crippen molar-refractivity contribution >= 4 is 28.7 Å². The number of aliphatic carboxylic acids is 1. The number of primary amides is 1. The van der Waals surface area contributed by atoms with Gasteiger partial charge in [0, 0.05) is 18.5 Å². The standard InChI is InChI=1S/C17H19N3O5/c1-3-4-7-20-15-11(8-10(16(18)24)9-13(15)25-2)19-17(20)12(21)5-6-14(22)23/h3,8-9H,1,4-7H2,2H3,(H2,18,24)(H,22,23). The number of methoxy groups -OCH3 is 1. The number of rotatable bonds is 9. The third-order valence-corrected chi connectivity index (χ3v) is 3.68. The van der Waals surface area contributed by atoms with Crippen LogP contribution in [0.25, 0.3) is 11.0 Å². The number of carboxylic acid groups (broad SMARTS) is 1. The van der Waals surface area contributed by atoms with Gasteiger partial charge in [0.25, 0.3) is 0 Å². The van der Waals surface area contributed by atoms with Crippen LogP contribution in [0.2, 0.25) is 0 Å². The number of carboxylic acids is 1. The number of nitrogens with two attached hydrogens (primary N) is 1. The first-order chi connectivity index (χ1) is 11.9. The Hall–Kier alpha value is -3.16. The first-order valence-electron chi connectivity index (χ1n) is 7.63. The molecule has 0 saturated heterocycles. The monoisotopic (exact) mass is 345 g/mol. The molecule has 0 fully saturated rings. The summed E-state index contributed by atoms with van der Waals surface area (Å²) >= 11 is 0. The zero-order valence-electron chi connectivity index (χ0n) is 13.8. The van der Waals surface area contributed by atoms with Crippen molar-refractivity contribution in [3.63, 3.8) is 0 Å². The van der Waals surface area contributed by atoms with Crippen LogP contribution < -0.4 is 10.5 Å². The Morgan fingerprint density at radius 1 is 1.36 bits per heavy atom. The van der Waals surface area contributed by atoms with Crippen molar-refractivity contribution in [2.75, 3.05) is 7.11 Å². The number of fused-ring (bicyclic) bond motifs is 1. The van der Waals surface area contributed by atoms with Gasteiger partial charge in [0.1, 0.15) is 11.3 Å². The predicted molar refractivity (Wildman–Crippen MR) is 90.8 cm³/mol. The number of hydrogen-bond donors (Lipinski definition) is 2. The first-order valence-corrected chi connectivity index (χ1v) is 7.63. The number of benzene rings is 1. The summed E-state index contributed by atoms with van der Waals surface area (Å²) in [5, 5.41) is 8.78. The number of ether oxygens (including phenoxy) is 1. The normalized spacial score (nSPS) is 10.6. The van der Waals surface area contributed by atoms with Gasteiger partial charge in [-0.15, -0.1) is 6.58 Å². The lowest BCUT2D eigenvalue weighted by atomic mass is 10.1. The summed E-state index contributed by atoms with van der Waals surface area (Å²) < 4.78 is 6.99. The summed E-state index contributed by atoms with van der Waals surface area (Å²) in [6.07, 6.45) is 1.82. The van der Waals surface area contributed by atoms with Gasteiger partial charge < -0.3 is 20.1 Å². The second-order valence-corrected chi connectivity index (χ2v) is 5.39. The van der Waals surface area contributed by atoms with Crippen LogP contribution in [0.4, 0.5) is 0 Å². The van der Waals surface area contributed by atoms with Crippen LogP contribution in [0.15, 0.2) is 24.8 Å². The van der Waals surface area contributed by atoms with E-state index in [2.05, 4.69) is 11.6 Å². The molecule has 0 atom stereocenters. The van der Waals surface area contributed by atoms with E-state index in [0.29, 0.717) is 29.7 Å². The van der Waals surface area contributed by atoms with Crippen molar-refractivity contribution in [3.05, 3.63) is 36.2 Å². The largest absolute Gasteiger partial charge is 0.494 e. The van der Waals surface area contributed by atoms with Gasteiger partial charge in [0.15, 0.2) is 11.6 Å².